The van der Waals surface area contributed by atoms with Crippen molar-refractivity contribution in [2.24, 2.45) is 0 Å². The van der Waals surface area contributed by atoms with E-state index in [1.54, 1.807) is 6.20 Å². The van der Waals surface area contributed by atoms with Gasteiger partial charge in [-0.25, -0.2) is 9.97 Å². The van der Waals surface area contributed by atoms with Gasteiger partial charge in [-0.2, -0.15) is 0 Å². The van der Waals surface area contributed by atoms with Gasteiger partial charge in [0.1, 0.15) is 16.9 Å². The van der Waals surface area contributed by atoms with Crippen LogP contribution in [0.3, 0.4) is 0 Å². The molecular formula is C16H16BrN3O2. The average Bonchev–Trinajstić information content (AvgIpc) is 2.99. The fourth-order valence-corrected chi connectivity index (χ4v) is 3.38. The summed E-state index contributed by atoms with van der Waals surface area (Å²) in [7, 11) is 0. The Kier molecular flexibility index (Phi) is 3.21. The van der Waals surface area contributed by atoms with Gasteiger partial charge in [0.2, 0.25) is 0 Å². The van der Waals surface area contributed by atoms with Crippen molar-refractivity contribution < 1.29 is 9.52 Å². The third-order valence-electron chi connectivity index (χ3n) is 4.12. The number of aromatic nitrogens is 2. The lowest BCUT2D eigenvalue weighted by Gasteiger charge is -2.17. The lowest BCUT2D eigenvalue weighted by Crippen LogP contribution is -2.29. The summed E-state index contributed by atoms with van der Waals surface area (Å²) >= 11 is 3.48. The first-order valence-corrected chi connectivity index (χ1v) is 8.08. The molecule has 3 aromatic rings. The van der Waals surface area contributed by atoms with Crippen LogP contribution in [0.25, 0.3) is 22.1 Å². The first-order chi connectivity index (χ1) is 10.5. The van der Waals surface area contributed by atoms with Crippen molar-refractivity contribution in [1.82, 2.24) is 14.9 Å². The molecule has 6 heteroatoms. The monoisotopic (exact) mass is 361 g/mol. The minimum absolute atomic E-state index is 0.600. The molecule has 1 saturated heterocycles. The van der Waals surface area contributed by atoms with Crippen LogP contribution in [0.4, 0.5) is 0 Å². The Hall–Kier alpha value is -1.50. The van der Waals surface area contributed by atoms with Gasteiger partial charge in [-0.15, -0.1) is 0 Å². The predicted octanol–water partition coefficient (Wildman–Crippen LogP) is 3.10. The molecule has 0 saturated carbocycles. The first kappa shape index (κ1) is 14.1. The van der Waals surface area contributed by atoms with Crippen molar-refractivity contribution in [2.75, 3.05) is 13.1 Å². The van der Waals surface area contributed by atoms with Gasteiger partial charge in [-0.05, 0) is 31.5 Å². The number of halogens is 1. The zero-order chi connectivity index (χ0) is 15.3. The Morgan fingerprint density at radius 1 is 1.41 bits per heavy atom. The highest BCUT2D eigenvalue weighted by Crippen LogP contribution is 2.29. The van der Waals surface area contributed by atoms with Crippen molar-refractivity contribution in [3.63, 3.8) is 0 Å². The summed E-state index contributed by atoms with van der Waals surface area (Å²) in [4.78, 5) is 11.2. The summed E-state index contributed by atoms with van der Waals surface area (Å²) in [6, 6.07) is 5.89. The van der Waals surface area contributed by atoms with Crippen molar-refractivity contribution in [3.8, 4) is 0 Å². The zero-order valence-electron chi connectivity index (χ0n) is 12.2. The molecule has 114 valence electrons. The lowest BCUT2D eigenvalue weighted by atomic mass is 10.1. The Labute approximate surface area is 136 Å². The average molecular weight is 362 g/mol. The van der Waals surface area contributed by atoms with Crippen LogP contribution in [0.2, 0.25) is 0 Å². The lowest BCUT2D eigenvalue weighted by molar-refractivity contribution is 0.0676. The molecule has 0 amide bonds. The van der Waals surface area contributed by atoms with Crippen molar-refractivity contribution in [3.05, 3.63) is 34.7 Å². The number of β-amino-alcohol motifs (C(OH)–C–C–N with tert-alkyl or cyclic N) is 1. The van der Waals surface area contributed by atoms with E-state index < -0.39 is 5.60 Å². The summed E-state index contributed by atoms with van der Waals surface area (Å²) in [5.41, 5.74) is 1.75. The third kappa shape index (κ3) is 2.51. The van der Waals surface area contributed by atoms with Crippen LogP contribution in [-0.4, -0.2) is 38.7 Å². The summed E-state index contributed by atoms with van der Waals surface area (Å²) in [6.07, 6.45) is 2.52. The van der Waals surface area contributed by atoms with Crippen LogP contribution in [0, 0.1) is 0 Å². The van der Waals surface area contributed by atoms with Gasteiger partial charge >= 0.3 is 0 Å². The van der Waals surface area contributed by atoms with Crippen LogP contribution >= 0.6 is 15.9 Å². The molecule has 0 bridgehead atoms. The van der Waals surface area contributed by atoms with Gasteiger partial charge < -0.3 is 9.52 Å². The highest BCUT2D eigenvalue weighted by Gasteiger charge is 2.31. The quantitative estimate of drug-likeness (QED) is 0.759. The van der Waals surface area contributed by atoms with E-state index in [9.17, 15) is 5.11 Å². The van der Waals surface area contributed by atoms with Gasteiger partial charge in [0.25, 0.3) is 0 Å². The van der Waals surface area contributed by atoms with E-state index in [1.807, 2.05) is 25.1 Å². The fraction of sp³-hybridized carbons (Fsp3) is 0.375. The normalized spacial score (nSPS) is 22.9. The number of aliphatic hydroxyl groups is 1. The summed E-state index contributed by atoms with van der Waals surface area (Å²) in [5, 5.41) is 11.0. The Morgan fingerprint density at radius 2 is 2.27 bits per heavy atom. The van der Waals surface area contributed by atoms with Crippen molar-refractivity contribution >= 4 is 38.0 Å². The Bertz CT molecular complexity index is 859. The van der Waals surface area contributed by atoms with Gasteiger partial charge in [0.05, 0.1) is 18.3 Å². The zero-order valence-corrected chi connectivity index (χ0v) is 13.8. The highest BCUT2D eigenvalue weighted by atomic mass is 79.9. The molecule has 1 atom stereocenters. The summed E-state index contributed by atoms with van der Waals surface area (Å²) in [6.45, 7) is 4.04. The highest BCUT2D eigenvalue weighted by molar-refractivity contribution is 9.10. The van der Waals surface area contributed by atoms with Crippen molar-refractivity contribution in [2.45, 2.75) is 25.5 Å². The maximum Gasteiger partial charge on any atom is 0.172 e. The Balaban J connectivity index is 1.70. The fourth-order valence-electron chi connectivity index (χ4n) is 3.02. The molecule has 3 heterocycles. The van der Waals surface area contributed by atoms with E-state index in [1.165, 1.54) is 0 Å². The topological polar surface area (TPSA) is 62.4 Å². The first-order valence-electron chi connectivity index (χ1n) is 7.29. The maximum atomic E-state index is 10.1. The van der Waals surface area contributed by atoms with Crippen LogP contribution in [0.1, 0.15) is 19.2 Å². The van der Waals surface area contributed by atoms with Gasteiger partial charge in [-0.1, -0.05) is 15.9 Å². The van der Waals surface area contributed by atoms with Crippen LogP contribution in [-0.2, 0) is 6.54 Å². The Morgan fingerprint density at radius 3 is 3.05 bits per heavy atom. The van der Waals surface area contributed by atoms with E-state index in [-0.39, 0.29) is 0 Å². The number of fused-ring (bicyclic) bond motifs is 3. The summed E-state index contributed by atoms with van der Waals surface area (Å²) < 4.78 is 6.76. The smallest absolute Gasteiger partial charge is 0.172 e. The molecular weight excluding hydrogens is 346 g/mol. The summed E-state index contributed by atoms with van der Waals surface area (Å²) in [5.74, 6) is 0.757. The number of rotatable bonds is 2. The molecule has 0 aliphatic carbocycles. The molecule has 1 aromatic carbocycles. The van der Waals surface area contributed by atoms with Crippen LogP contribution in [0.5, 0.6) is 0 Å². The molecule has 1 aliphatic heterocycles. The SMILES string of the molecule is CC1(O)CCN(Cc2ncc3oc4ccc(Br)cc4c3n2)C1. The second-order valence-corrected chi connectivity index (χ2v) is 7.11. The molecule has 22 heavy (non-hydrogen) atoms. The molecule has 0 spiro atoms. The molecule has 4 rings (SSSR count). The predicted molar refractivity (Wildman–Crippen MR) is 87.5 cm³/mol. The van der Waals surface area contributed by atoms with E-state index in [4.69, 9.17) is 4.42 Å². The minimum Gasteiger partial charge on any atom is -0.453 e. The van der Waals surface area contributed by atoms with E-state index in [0.29, 0.717) is 18.7 Å². The molecule has 5 nitrogen and oxygen atoms in total. The maximum absolute atomic E-state index is 10.1. The number of hydrogen-bond donors (Lipinski definition) is 1. The third-order valence-corrected chi connectivity index (χ3v) is 4.61. The van der Waals surface area contributed by atoms with Gasteiger partial charge in [0, 0.05) is 22.9 Å². The molecule has 0 radical (unpaired) electrons. The van der Waals surface area contributed by atoms with Crippen molar-refractivity contribution in [1.29, 1.82) is 0 Å². The molecule has 1 unspecified atom stereocenters. The second-order valence-electron chi connectivity index (χ2n) is 6.20. The van der Waals surface area contributed by atoms with Gasteiger partial charge in [-0.3, -0.25) is 4.90 Å². The largest absolute Gasteiger partial charge is 0.453 e. The van der Waals surface area contributed by atoms with Gasteiger partial charge in [0.15, 0.2) is 5.58 Å². The minimum atomic E-state index is -0.600. The number of likely N-dealkylation sites (tertiary alicyclic amines) is 1. The van der Waals surface area contributed by atoms with Crippen LogP contribution in [0.15, 0.2) is 33.3 Å². The molecule has 1 fully saturated rings. The van der Waals surface area contributed by atoms with E-state index >= 15 is 0 Å². The molecule has 1 aliphatic rings. The standard InChI is InChI=1S/C16H16BrN3O2/c1-16(21)4-5-20(9-16)8-14-18-7-13-15(19-14)11-6-10(17)2-3-12(11)22-13/h2-3,6-7,21H,4-5,8-9H2,1H3. The second kappa shape index (κ2) is 5.01. The number of nitrogens with zero attached hydrogens (tertiary/aromatic N) is 3. The van der Waals surface area contributed by atoms with E-state index in [2.05, 4.69) is 30.8 Å². The number of benzene rings is 1. The number of furan rings is 1. The molecule has 2 aromatic heterocycles. The van der Waals surface area contributed by atoms with E-state index in [0.717, 1.165) is 39.7 Å². The molecule has 1 N–H and O–H groups in total. The number of hydrogen-bond acceptors (Lipinski definition) is 5. The van der Waals surface area contributed by atoms with Crippen LogP contribution < -0.4 is 0 Å².